The summed E-state index contributed by atoms with van der Waals surface area (Å²) in [4.78, 5) is 14.1. The van der Waals surface area contributed by atoms with E-state index in [1.807, 2.05) is 29.2 Å². The lowest BCUT2D eigenvalue weighted by Crippen LogP contribution is -2.46. The summed E-state index contributed by atoms with van der Waals surface area (Å²) >= 11 is 0. The molecule has 0 spiro atoms. The molecule has 1 saturated heterocycles. The average molecular weight is 248 g/mol. The molecule has 1 heterocycles. The summed E-state index contributed by atoms with van der Waals surface area (Å²) in [6.07, 6.45) is 0.502. The van der Waals surface area contributed by atoms with E-state index in [1.54, 1.807) is 7.11 Å². The second-order valence-corrected chi connectivity index (χ2v) is 5.19. The van der Waals surface area contributed by atoms with Gasteiger partial charge in [0.25, 0.3) is 0 Å². The van der Waals surface area contributed by atoms with Crippen molar-refractivity contribution in [2.24, 2.45) is 11.7 Å². The lowest BCUT2D eigenvalue weighted by molar-refractivity contribution is -0.117. The molecule has 1 fully saturated rings. The number of rotatable bonds is 3. The van der Waals surface area contributed by atoms with E-state index < -0.39 is 0 Å². The minimum atomic E-state index is -0.277. The van der Waals surface area contributed by atoms with E-state index in [9.17, 15) is 4.79 Å². The molecule has 0 aromatic heterocycles. The van der Waals surface area contributed by atoms with Crippen LogP contribution in [0.15, 0.2) is 24.3 Å². The number of ether oxygens (including phenoxy) is 1. The van der Waals surface area contributed by atoms with Crippen LogP contribution < -0.4 is 15.4 Å². The van der Waals surface area contributed by atoms with Gasteiger partial charge in [-0.05, 0) is 32.5 Å². The molecule has 1 amide bonds. The van der Waals surface area contributed by atoms with Crippen LogP contribution in [0, 0.1) is 5.92 Å². The van der Waals surface area contributed by atoms with E-state index in [0.717, 1.165) is 11.4 Å². The Kier molecular flexibility index (Phi) is 3.30. The number of hydrogen-bond donors (Lipinski definition) is 1. The molecular formula is C14H20N2O2. The molecule has 0 bridgehead atoms. The summed E-state index contributed by atoms with van der Waals surface area (Å²) < 4.78 is 5.34. The van der Waals surface area contributed by atoms with E-state index >= 15 is 0 Å². The van der Waals surface area contributed by atoms with E-state index in [2.05, 4.69) is 13.8 Å². The van der Waals surface area contributed by atoms with Crippen LogP contribution >= 0.6 is 0 Å². The van der Waals surface area contributed by atoms with Crippen LogP contribution in [0.3, 0.4) is 0 Å². The zero-order chi connectivity index (χ0) is 13.3. The number of nitrogens with two attached hydrogens (primary N) is 1. The molecule has 1 aromatic carbocycles. The van der Waals surface area contributed by atoms with Crippen molar-refractivity contribution in [1.29, 1.82) is 0 Å². The molecule has 4 nitrogen and oxygen atoms in total. The lowest BCUT2D eigenvalue weighted by atomic mass is 9.88. The maximum Gasteiger partial charge on any atom is 0.228 e. The fourth-order valence-electron chi connectivity index (χ4n) is 2.69. The molecule has 0 saturated carbocycles. The van der Waals surface area contributed by atoms with Crippen molar-refractivity contribution >= 4 is 11.6 Å². The third-order valence-corrected chi connectivity index (χ3v) is 3.86. The fourth-order valence-corrected chi connectivity index (χ4v) is 2.69. The topological polar surface area (TPSA) is 55.6 Å². The zero-order valence-electron chi connectivity index (χ0n) is 11.1. The number of benzene rings is 1. The number of nitrogens with zero attached hydrogens (tertiary/aromatic N) is 1. The Balaban J connectivity index is 2.46. The second-order valence-electron chi connectivity index (χ2n) is 5.19. The summed E-state index contributed by atoms with van der Waals surface area (Å²) in [5, 5.41) is 0. The maximum atomic E-state index is 12.2. The Morgan fingerprint density at radius 1 is 1.44 bits per heavy atom. The first-order valence-electron chi connectivity index (χ1n) is 6.18. The third-order valence-electron chi connectivity index (χ3n) is 3.86. The van der Waals surface area contributed by atoms with Crippen LogP contribution in [0.1, 0.15) is 20.3 Å². The largest absolute Gasteiger partial charge is 0.495 e. The molecule has 98 valence electrons. The molecule has 1 atom stereocenters. The number of hydrogen-bond acceptors (Lipinski definition) is 3. The highest BCUT2D eigenvalue weighted by Gasteiger charge is 2.46. The van der Waals surface area contributed by atoms with Crippen LogP contribution in [0.4, 0.5) is 5.69 Å². The molecule has 4 heteroatoms. The highest BCUT2D eigenvalue weighted by atomic mass is 16.5. The Morgan fingerprint density at radius 2 is 2.11 bits per heavy atom. The summed E-state index contributed by atoms with van der Waals surface area (Å²) in [5.41, 5.74) is 6.32. The highest BCUT2D eigenvalue weighted by molar-refractivity contribution is 5.99. The van der Waals surface area contributed by atoms with Crippen molar-refractivity contribution in [2.45, 2.75) is 25.8 Å². The van der Waals surface area contributed by atoms with Gasteiger partial charge in [0.1, 0.15) is 5.75 Å². The first-order valence-corrected chi connectivity index (χ1v) is 6.18. The van der Waals surface area contributed by atoms with Gasteiger partial charge in [0.2, 0.25) is 5.91 Å². The number of anilines is 1. The van der Waals surface area contributed by atoms with Crippen LogP contribution in [0.25, 0.3) is 0 Å². The molecule has 2 rings (SSSR count). The Morgan fingerprint density at radius 3 is 2.67 bits per heavy atom. The van der Waals surface area contributed by atoms with Crippen LogP contribution in [0.5, 0.6) is 5.75 Å². The number of carbonyl (C=O) groups is 1. The van der Waals surface area contributed by atoms with Crippen molar-refractivity contribution in [2.75, 3.05) is 18.6 Å². The molecule has 0 radical (unpaired) electrons. The van der Waals surface area contributed by atoms with Crippen molar-refractivity contribution in [3.63, 3.8) is 0 Å². The molecule has 1 unspecified atom stereocenters. The van der Waals surface area contributed by atoms with E-state index in [1.165, 1.54) is 0 Å². The highest BCUT2D eigenvalue weighted by Crippen LogP contribution is 2.42. The van der Waals surface area contributed by atoms with Gasteiger partial charge in [-0.25, -0.2) is 0 Å². The van der Waals surface area contributed by atoms with Crippen LogP contribution in [0.2, 0.25) is 0 Å². The van der Waals surface area contributed by atoms with Gasteiger partial charge in [0.05, 0.1) is 12.8 Å². The molecular weight excluding hydrogens is 228 g/mol. The van der Waals surface area contributed by atoms with E-state index in [0.29, 0.717) is 13.0 Å². The molecule has 1 aliphatic rings. The zero-order valence-corrected chi connectivity index (χ0v) is 11.1. The van der Waals surface area contributed by atoms with Gasteiger partial charge in [0, 0.05) is 17.9 Å². The van der Waals surface area contributed by atoms with Gasteiger partial charge in [0.15, 0.2) is 0 Å². The van der Waals surface area contributed by atoms with Gasteiger partial charge in [-0.15, -0.1) is 0 Å². The first-order chi connectivity index (χ1) is 8.52. The van der Waals surface area contributed by atoms with Gasteiger partial charge in [-0.2, -0.15) is 0 Å². The monoisotopic (exact) mass is 248 g/mol. The van der Waals surface area contributed by atoms with Crippen molar-refractivity contribution in [1.82, 2.24) is 0 Å². The number of amides is 1. The lowest BCUT2D eigenvalue weighted by Gasteiger charge is -2.36. The summed E-state index contributed by atoms with van der Waals surface area (Å²) in [7, 11) is 1.62. The van der Waals surface area contributed by atoms with Gasteiger partial charge < -0.3 is 15.4 Å². The maximum absolute atomic E-state index is 12.2. The van der Waals surface area contributed by atoms with E-state index in [-0.39, 0.29) is 17.4 Å². The quantitative estimate of drug-likeness (QED) is 0.887. The third kappa shape index (κ3) is 1.86. The molecule has 1 aromatic rings. The fraction of sp³-hybridized carbons (Fsp3) is 0.500. The normalized spacial score (nSPS) is 22.3. The first kappa shape index (κ1) is 12.9. The van der Waals surface area contributed by atoms with Gasteiger partial charge >= 0.3 is 0 Å². The standard InChI is InChI=1S/C14H20N2O2/c1-14(2)10(9-15)8-13(17)16(14)11-6-4-5-7-12(11)18-3/h4-7,10H,8-9,15H2,1-3H3. The average Bonchev–Trinajstić information content (AvgIpc) is 2.58. The summed E-state index contributed by atoms with van der Waals surface area (Å²) in [6, 6.07) is 7.60. The summed E-state index contributed by atoms with van der Waals surface area (Å²) in [5.74, 6) is 1.01. The number of para-hydroxylation sites is 2. The van der Waals surface area contributed by atoms with Crippen molar-refractivity contribution in [3.05, 3.63) is 24.3 Å². The van der Waals surface area contributed by atoms with Gasteiger partial charge in [-0.3, -0.25) is 4.79 Å². The Bertz CT molecular complexity index is 457. The predicted molar refractivity (Wildman–Crippen MR) is 71.7 cm³/mol. The predicted octanol–water partition coefficient (Wildman–Crippen LogP) is 1.79. The smallest absolute Gasteiger partial charge is 0.228 e. The van der Waals surface area contributed by atoms with Gasteiger partial charge in [-0.1, -0.05) is 12.1 Å². The Hall–Kier alpha value is -1.55. The second kappa shape index (κ2) is 4.61. The van der Waals surface area contributed by atoms with Crippen LogP contribution in [-0.2, 0) is 4.79 Å². The van der Waals surface area contributed by atoms with E-state index in [4.69, 9.17) is 10.5 Å². The van der Waals surface area contributed by atoms with Crippen molar-refractivity contribution < 1.29 is 9.53 Å². The molecule has 0 aliphatic carbocycles. The Labute approximate surface area is 108 Å². The minimum absolute atomic E-state index is 0.111. The molecule has 1 aliphatic heterocycles. The minimum Gasteiger partial charge on any atom is -0.495 e. The molecule has 18 heavy (non-hydrogen) atoms. The van der Waals surface area contributed by atoms with Crippen molar-refractivity contribution in [3.8, 4) is 5.75 Å². The number of carbonyl (C=O) groups excluding carboxylic acids is 1. The SMILES string of the molecule is COc1ccccc1N1C(=O)CC(CN)C1(C)C. The van der Waals surface area contributed by atoms with Crippen LogP contribution in [-0.4, -0.2) is 25.1 Å². The number of methoxy groups -OCH3 is 1. The molecule has 2 N–H and O–H groups in total. The summed E-state index contributed by atoms with van der Waals surface area (Å²) in [6.45, 7) is 4.63.